The molecule has 0 aliphatic heterocycles. The quantitative estimate of drug-likeness (QED) is 0.666. The molecule has 2 rings (SSSR count). The molecular weight excluding hydrogens is 258 g/mol. The number of aliphatic hydroxyl groups excluding tert-OH is 1. The summed E-state index contributed by atoms with van der Waals surface area (Å²) >= 11 is 0. The van der Waals surface area contributed by atoms with E-state index in [0.29, 0.717) is 11.1 Å². The van der Waals surface area contributed by atoms with E-state index in [1.807, 2.05) is 6.07 Å². The molecule has 20 heavy (non-hydrogen) atoms. The number of rotatable bonds is 4. The number of hydrogen-bond acceptors (Lipinski definition) is 4. The van der Waals surface area contributed by atoms with Gasteiger partial charge in [0.05, 0.1) is 0 Å². The van der Waals surface area contributed by atoms with Gasteiger partial charge in [0, 0.05) is 6.42 Å². The average molecular weight is 275 g/mol. The Labute approximate surface area is 116 Å². The monoisotopic (exact) mass is 275 g/mol. The zero-order valence-corrected chi connectivity index (χ0v) is 10.9. The fourth-order valence-electron chi connectivity index (χ4n) is 2.29. The standard InChI is InChI=1S/C15H17NO4/c16-12(14(18)19)8-10-6-7-13(17)15(20,9-10)11-4-2-1-3-5-11/h1-7,12,17,20H,8-9,16H2,(H,18,19). The van der Waals surface area contributed by atoms with Crippen LogP contribution in [-0.4, -0.2) is 27.3 Å². The van der Waals surface area contributed by atoms with Gasteiger partial charge in [-0.2, -0.15) is 0 Å². The lowest BCUT2D eigenvalue weighted by atomic mass is 9.80. The van der Waals surface area contributed by atoms with Crippen LogP contribution in [0.15, 0.2) is 53.8 Å². The van der Waals surface area contributed by atoms with Crippen molar-refractivity contribution in [3.63, 3.8) is 0 Å². The van der Waals surface area contributed by atoms with Gasteiger partial charge in [-0.05, 0) is 18.1 Å². The van der Waals surface area contributed by atoms with E-state index < -0.39 is 17.6 Å². The molecule has 1 aromatic carbocycles. The van der Waals surface area contributed by atoms with E-state index in [1.165, 1.54) is 6.08 Å². The Hall–Kier alpha value is -2.11. The number of hydrogen-bond donors (Lipinski definition) is 4. The zero-order valence-electron chi connectivity index (χ0n) is 10.9. The Bertz CT molecular complexity index is 564. The number of carboxylic acid groups (broad SMARTS) is 1. The first-order chi connectivity index (χ1) is 9.43. The first-order valence-corrected chi connectivity index (χ1v) is 6.29. The Balaban J connectivity index is 2.25. The van der Waals surface area contributed by atoms with Gasteiger partial charge in [0.15, 0.2) is 0 Å². The predicted octanol–water partition coefficient (Wildman–Crippen LogP) is 1.45. The summed E-state index contributed by atoms with van der Waals surface area (Å²) in [6.45, 7) is 0. The van der Waals surface area contributed by atoms with Gasteiger partial charge < -0.3 is 21.1 Å². The zero-order chi connectivity index (χ0) is 14.8. The summed E-state index contributed by atoms with van der Waals surface area (Å²) in [6.07, 6.45) is 3.25. The molecule has 106 valence electrons. The summed E-state index contributed by atoms with van der Waals surface area (Å²) in [5.74, 6) is -1.25. The molecule has 0 spiro atoms. The van der Waals surface area contributed by atoms with Gasteiger partial charge in [-0.25, -0.2) is 0 Å². The molecule has 0 heterocycles. The molecule has 0 bridgehead atoms. The number of aliphatic hydroxyl groups is 2. The van der Waals surface area contributed by atoms with Crippen LogP contribution in [0.2, 0.25) is 0 Å². The molecule has 0 aromatic heterocycles. The summed E-state index contributed by atoms with van der Waals surface area (Å²) in [4.78, 5) is 10.8. The lowest BCUT2D eigenvalue weighted by Gasteiger charge is -2.32. The highest BCUT2D eigenvalue weighted by atomic mass is 16.4. The van der Waals surface area contributed by atoms with Crippen molar-refractivity contribution in [2.75, 3.05) is 0 Å². The Kier molecular flexibility index (Phi) is 3.92. The van der Waals surface area contributed by atoms with Crippen molar-refractivity contribution in [3.8, 4) is 0 Å². The third-order valence-electron chi connectivity index (χ3n) is 3.43. The number of aliphatic carboxylic acids is 1. The second-order valence-electron chi connectivity index (χ2n) is 4.93. The molecule has 5 N–H and O–H groups in total. The van der Waals surface area contributed by atoms with Crippen LogP contribution in [0.4, 0.5) is 0 Å². The molecule has 2 unspecified atom stereocenters. The third kappa shape index (κ3) is 2.74. The second kappa shape index (κ2) is 5.48. The fourth-order valence-corrected chi connectivity index (χ4v) is 2.29. The first-order valence-electron chi connectivity index (χ1n) is 6.29. The summed E-state index contributed by atoms with van der Waals surface area (Å²) in [6, 6.07) is 7.75. The average Bonchev–Trinajstić information content (AvgIpc) is 2.44. The molecule has 1 aromatic rings. The topological polar surface area (TPSA) is 104 Å². The van der Waals surface area contributed by atoms with E-state index >= 15 is 0 Å². The van der Waals surface area contributed by atoms with Gasteiger partial charge in [0.1, 0.15) is 17.4 Å². The van der Waals surface area contributed by atoms with Crippen LogP contribution < -0.4 is 5.73 Å². The number of carbonyl (C=O) groups is 1. The van der Waals surface area contributed by atoms with Gasteiger partial charge >= 0.3 is 5.97 Å². The van der Waals surface area contributed by atoms with Crippen LogP contribution in [-0.2, 0) is 10.4 Å². The minimum Gasteiger partial charge on any atom is -0.509 e. The predicted molar refractivity (Wildman–Crippen MR) is 74.0 cm³/mol. The maximum Gasteiger partial charge on any atom is 0.320 e. The van der Waals surface area contributed by atoms with E-state index in [2.05, 4.69) is 0 Å². The molecule has 5 heteroatoms. The molecule has 5 nitrogen and oxygen atoms in total. The highest BCUT2D eigenvalue weighted by Gasteiger charge is 2.37. The van der Waals surface area contributed by atoms with E-state index in [9.17, 15) is 15.0 Å². The second-order valence-corrected chi connectivity index (χ2v) is 4.93. The van der Waals surface area contributed by atoms with Gasteiger partial charge in [-0.15, -0.1) is 0 Å². The maximum absolute atomic E-state index is 10.8. The summed E-state index contributed by atoms with van der Waals surface area (Å²) in [5, 5.41) is 29.5. The fraction of sp³-hybridized carbons (Fsp3) is 0.267. The van der Waals surface area contributed by atoms with E-state index in [-0.39, 0.29) is 18.6 Å². The maximum atomic E-state index is 10.8. The van der Waals surface area contributed by atoms with E-state index in [1.54, 1.807) is 30.3 Å². The lowest BCUT2D eigenvalue weighted by molar-refractivity contribution is -0.138. The summed E-state index contributed by atoms with van der Waals surface area (Å²) < 4.78 is 0. The minimum absolute atomic E-state index is 0.125. The van der Waals surface area contributed by atoms with Gasteiger partial charge in [-0.3, -0.25) is 4.79 Å². The Morgan fingerprint density at radius 2 is 1.95 bits per heavy atom. The summed E-state index contributed by atoms with van der Waals surface area (Å²) in [5.41, 5.74) is 5.22. The number of nitrogens with two attached hydrogens (primary N) is 1. The van der Waals surface area contributed by atoms with Crippen LogP contribution >= 0.6 is 0 Å². The Morgan fingerprint density at radius 3 is 2.55 bits per heavy atom. The van der Waals surface area contributed by atoms with Crippen LogP contribution in [0.3, 0.4) is 0 Å². The van der Waals surface area contributed by atoms with Crippen molar-refractivity contribution in [1.29, 1.82) is 0 Å². The van der Waals surface area contributed by atoms with Crippen molar-refractivity contribution < 1.29 is 20.1 Å². The number of allylic oxidation sites excluding steroid dienone is 2. The molecule has 2 atom stereocenters. The summed E-state index contributed by atoms with van der Waals surface area (Å²) in [7, 11) is 0. The highest BCUT2D eigenvalue weighted by Crippen LogP contribution is 2.38. The molecule has 1 aliphatic rings. The minimum atomic E-state index is -1.52. The van der Waals surface area contributed by atoms with Crippen molar-refractivity contribution in [3.05, 3.63) is 59.4 Å². The molecule has 0 saturated carbocycles. The normalized spacial score (nSPS) is 23.7. The smallest absolute Gasteiger partial charge is 0.320 e. The molecule has 1 aliphatic carbocycles. The first kappa shape index (κ1) is 14.3. The SMILES string of the molecule is NC(CC1=CC=C(O)C(O)(c2ccccc2)C1)C(=O)O. The molecule has 0 saturated heterocycles. The van der Waals surface area contributed by atoms with Crippen molar-refractivity contribution >= 4 is 5.97 Å². The number of benzene rings is 1. The van der Waals surface area contributed by atoms with Gasteiger partial charge in [0.25, 0.3) is 0 Å². The van der Waals surface area contributed by atoms with E-state index in [0.717, 1.165) is 0 Å². The van der Waals surface area contributed by atoms with E-state index in [4.69, 9.17) is 10.8 Å². The molecule has 0 radical (unpaired) electrons. The van der Waals surface area contributed by atoms with Gasteiger partial charge in [-0.1, -0.05) is 42.0 Å². The van der Waals surface area contributed by atoms with Crippen LogP contribution in [0.5, 0.6) is 0 Å². The van der Waals surface area contributed by atoms with Crippen LogP contribution in [0, 0.1) is 0 Å². The van der Waals surface area contributed by atoms with Crippen molar-refractivity contribution in [1.82, 2.24) is 0 Å². The van der Waals surface area contributed by atoms with Gasteiger partial charge in [0.2, 0.25) is 0 Å². The molecule has 0 amide bonds. The molecular formula is C15H17NO4. The van der Waals surface area contributed by atoms with Crippen LogP contribution in [0.25, 0.3) is 0 Å². The molecule has 0 fully saturated rings. The largest absolute Gasteiger partial charge is 0.509 e. The van der Waals surface area contributed by atoms with Crippen LogP contribution in [0.1, 0.15) is 18.4 Å². The Morgan fingerprint density at radius 1 is 1.30 bits per heavy atom. The third-order valence-corrected chi connectivity index (χ3v) is 3.43. The van der Waals surface area contributed by atoms with Crippen molar-refractivity contribution in [2.45, 2.75) is 24.5 Å². The highest BCUT2D eigenvalue weighted by molar-refractivity contribution is 5.73. The van der Waals surface area contributed by atoms with Crippen molar-refractivity contribution in [2.24, 2.45) is 5.73 Å². The lowest BCUT2D eigenvalue weighted by Crippen LogP contribution is -2.34. The number of carboxylic acids is 1.